The molecule has 0 unspecified atom stereocenters. The van der Waals surface area contributed by atoms with Crippen LogP contribution in [-0.4, -0.2) is 81.2 Å². The Hall–Kier alpha value is -2.52. The predicted molar refractivity (Wildman–Crippen MR) is 107 cm³/mol. The minimum Gasteiger partial charge on any atom is -0.379 e. The normalized spacial score (nSPS) is 19.4. The second-order valence-electron chi connectivity index (χ2n) is 7.69. The van der Waals surface area contributed by atoms with Gasteiger partial charge in [0.2, 0.25) is 5.91 Å². The molecule has 0 N–H and O–H groups in total. The van der Waals surface area contributed by atoms with Gasteiger partial charge in [-0.05, 0) is 44.0 Å². The average molecular weight is 400 g/mol. The molecule has 9 nitrogen and oxygen atoms in total. The van der Waals surface area contributed by atoms with Crippen molar-refractivity contribution in [2.24, 2.45) is 5.92 Å². The van der Waals surface area contributed by atoms with Crippen molar-refractivity contribution in [3.8, 4) is 5.82 Å². The van der Waals surface area contributed by atoms with Gasteiger partial charge >= 0.3 is 0 Å². The molecule has 156 valence electrons. The highest BCUT2D eigenvalue weighted by molar-refractivity contribution is 5.76. The maximum atomic E-state index is 12.2. The molecule has 0 radical (unpaired) electrons. The van der Waals surface area contributed by atoms with E-state index in [1.165, 1.54) is 0 Å². The van der Waals surface area contributed by atoms with Crippen molar-refractivity contribution < 1.29 is 9.53 Å². The summed E-state index contributed by atoms with van der Waals surface area (Å²) in [5.74, 6) is 1.27. The van der Waals surface area contributed by atoms with Gasteiger partial charge in [-0.15, -0.1) is 5.10 Å². The summed E-state index contributed by atoms with van der Waals surface area (Å²) in [6.07, 6.45) is 6.05. The van der Waals surface area contributed by atoms with Crippen LogP contribution < -0.4 is 5.56 Å². The van der Waals surface area contributed by atoms with Crippen molar-refractivity contribution in [1.29, 1.82) is 0 Å². The number of rotatable bonds is 6. The summed E-state index contributed by atoms with van der Waals surface area (Å²) in [4.78, 5) is 28.6. The first-order valence-electron chi connectivity index (χ1n) is 10.3. The van der Waals surface area contributed by atoms with E-state index in [4.69, 9.17) is 4.74 Å². The molecule has 0 atom stereocenters. The molecule has 1 amide bonds. The molecule has 29 heavy (non-hydrogen) atoms. The third kappa shape index (κ3) is 5.10. The Balaban J connectivity index is 1.27. The van der Waals surface area contributed by atoms with Crippen LogP contribution in [0.5, 0.6) is 0 Å². The second-order valence-corrected chi connectivity index (χ2v) is 7.69. The van der Waals surface area contributed by atoms with Gasteiger partial charge in [0.25, 0.3) is 5.56 Å². The van der Waals surface area contributed by atoms with Gasteiger partial charge in [0, 0.05) is 44.6 Å². The lowest BCUT2D eigenvalue weighted by molar-refractivity contribution is -0.130. The zero-order chi connectivity index (χ0) is 20.1. The van der Waals surface area contributed by atoms with E-state index in [-0.39, 0.29) is 11.5 Å². The molecular formula is C20H28N6O3. The average Bonchev–Trinajstić information content (AvgIpc) is 3.19. The standard InChI is InChI=1S/C20H28N6O3/c27-19-6-14-29-15-13-24(19)12-11-23-9-4-17(5-10-23)16-26-20(28)3-2-18(22-26)25-8-1-7-21-25/h1-3,7-8,17H,4-6,9-16H2. The Labute approximate surface area is 169 Å². The topological polar surface area (TPSA) is 85.5 Å². The zero-order valence-electron chi connectivity index (χ0n) is 16.7. The molecule has 4 heterocycles. The van der Waals surface area contributed by atoms with Crippen LogP contribution >= 0.6 is 0 Å². The molecule has 2 aromatic rings. The fraction of sp³-hybridized carbons (Fsp3) is 0.600. The van der Waals surface area contributed by atoms with Crippen LogP contribution in [0.15, 0.2) is 35.4 Å². The third-order valence-electron chi connectivity index (χ3n) is 5.73. The zero-order valence-corrected chi connectivity index (χ0v) is 16.7. The van der Waals surface area contributed by atoms with Gasteiger partial charge in [-0.2, -0.15) is 5.10 Å². The first-order chi connectivity index (χ1) is 14.2. The van der Waals surface area contributed by atoms with E-state index in [0.29, 0.717) is 44.5 Å². The van der Waals surface area contributed by atoms with Crippen molar-refractivity contribution in [1.82, 2.24) is 29.4 Å². The number of hydrogen-bond acceptors (Lipinski definition) is 6. The number of carbonyl (C=O) groups excluding carboxylic acids is 1. The van der Waals surface area contributed by atoms with Gasteiger partial charge in [0.15, 0.2) is 5.82 Å². The van der Waals surface area contributed by atoms with Gasteiger partial charge in [-0.3, -0.25) is 9.59 Å². The van der Waals surface area contributed by atoms with Crippen LogP contribution in [-0.2, 0) is 16.1 Å². The largest absolute Gasteiger partial charge is 0.379 e. The van der Waals surface area contributed by atoms with E-state index in [2.05, 4.69) is 15.1 Å². The first kappa shape index (κ1) is 19.8. The molecule has 0 aliphatic carbocycles. The lowest BCUT2D eigenvalue weighted by Gasteiger charge is -2.33. The molecule has 2 aromatic heterocycles. The van der Waals surface area contributed by atoms with Crippen molar-refractivity contribution in [2.75, 3.05) is 45.9 Å². The predicted octanol–water partition coefficient (Wildman–Crippen LogP) is 0.390. The van der Waals surface area contributed by atoms with Crippen LogP contribution in [0.25, 0.3) is 5.82 Å². The SMILES string of the molecule is O=C1CCOCCN1CCN1CCC(Cn2nc(-n3cccn3)ccc2=O)CC1. The summed E-state index contributed by atoms with van der Waals surface area (Å²) in [7, 11) is 0. The van der Waals surface area contributed by atoms with Crippen molar-refractivity contribution >= 4 is 5.91 Å². The van der Waals surface area contributed by atoms with Crippen LogP contribution in [0.3, 0.4) is 0 Å². The van der Waals surface area contributed by atoms with Gasteiger partial charge in [-0.25, -0.2) is 9.36 Å². The molecule has 2 aliphatic heterocycles. The number of hydrogen-bond donors (Lipinski definition) is 0. The van der Waals surface area contributed by atoms with Gasteiger partial charge in [0.05, 0.1) is 19.6 Å². The Morgan fingerprint density at radius 1 is 1.07 bits per heavy atom. The van der Waals surface area contributed by atoms with E-state index in [9.17, 15) is 9.59 Å². The van der Waals surface area contributed by atoms with Gasteiger partial charge in [0.1, 0.15) is 0 Å². The molecular weight excluding hydrogens is 372 g/mol. The minimum absolute atomic E-state index is 0.0785. The Bertz CT molecular complexity index is 857. The molecule has 0 bridgehead atoms. The number of piperidine rings is 1. The molecule has 0 saturated carbocycles. The second kappa shape index (κ2) is 9.32. The number of aromatic nitrogens is 4. The monoisotopic (exact) mass is 400 g/mol. The van der Waals surface area contributed by atoms with E-state index in [0.717, 1.165) is 39.0 Å². The summed E-state index contributed by atoms with van der Waals surface area (Å²) in [6, 6.07) is 5.09. The maximum Gasteiger partial charge on any atom is 0.266 e. The molecule has 2 fully saturated rings. The van der Waals surface area contributed by atoms with Crippen molar-refractivity contribution in [3.63, 3.8) is 0 Å². The fourth-order valence-electron chi connectivity index (χ4n) is 3.95. The highest BCUT2D eigenvalue weighted by Crippen LogP contribution is 2.18. The number of carbonyl (C=O) groups is 1. The van der Waals surface area contributed by atoms with E-state index in [1.807, 2.05) is 17.2 Å². The lowest BCUT2D eigenvalue weighted by Crippen LogP contribution is -2.43. The Kier molecular flexibility index (Phi) is 6.36. The highest BCUT2D eigenvalue weighted by atomic mass is 16.5. The number of nitrogens with zero attached hydrogens (tertiary/aromatic N) is 6. The maximum absolute atomic E-state index is 12.2. The number of amides is 1. The Morgan fingerprint density at radius 3 is 2.72 bits per heavy atom. The van der Waals surface area contributed by atoms with Gasteiger partial charge in [-0.1, -0.05) is 0 Å². The number of ether oxygens (including phenoxy) is 1. The molecule has 2 saturated heterocycles. The molecule has 2 aliphatic rings. The lowest BCUT2D eigenvalue weighted by atomic mass is 9.97. The minimum atomic E-state index is -0.0785. The fourth-order valence-corrected chi connectivity index (χ4v) is 3.95. The van der Waals surface area contributed by atoms with Crippen molar-refractivity contribution in [2.45, 2.75) is 25.8 Å². The van der Waals surface area contributed by atoms with Crippen LogP contribution in [0, 0.1) is 5.92 Å². The first-order valence-corrected chi connectivity index (χ1v) is 10.3. The highest BCUT2D eigenvalue weighted by Gasteiger charge is 2.22. The number of likely N-dealkylation sites (tertiary alicyclic amines) is 1. The van der Waals surface area contributed by atoms with Crippen molar-refractivity contribution in [3.05, 3.63) is 40.9 Å². The van der Waals surface area contributed by atoms with E-state index in [1.54, 1.807) is 27.7 Å². The Morgan fingerprint density at radius 2 is 1.93 bits per heavy atom. The third-order valence-corrected chi connectivity index (χ3v) is 5.73. The van der Waals surface area contributed by atoms with E-state index < -0.39 is 0 Å². The smallest absolute Gasteiger partial charge is 0.266 e. The van der Waals surface area contributed by atoms with E-state index >= 15 is 0 Å². The summed E-state index contributed by atoms with van der Waals surface area (Å²) in [5, 5.41) is 8.66. The molecule has 9 heteroatoms. The summed E-state index contributed by atoms with van der Waals surface area (Å²) < 4.78 is 8.61. The summed E-state index contributed by atoms with van der Waals surface area (Å²) in [5.41, 5.74) is -0.0785. The quantitative estimate of drug-likeness (QED) is 0.697. The van der Waals surface area contributed by atoms with Crippen LogP contribution in [0.2, 0.25) is 0 Å². The molecule has 0 spiro atoms. The molecule has 4 rings (SSSR count). The van der Waals surface area contributed by atoms with Crippen LogP contribution in [0.4, 0.5) is 0 Å². The summed E-state index contributed by atoms with van der Waals surface area (Å²) in [6.45, 7) is 6.11. The van der Waals surface area contributed by atoms with Gasteiger partial charge < -0.3 is 14.5 Å². The van der Waals surface area contributed by atoms with Crippen LogP contribution in [0.1, 0.15) is 19.3 Å². The summed E-state index contributed by atoms with van der Waals surface area (Å²) >= 11 is 0. The molecule has 0 aromatic carbocycles.